The first-order chi connectivity index (χ1) is 9.25. The van der Waals surface area contributed by atoms with E-state index in [1.807, 2.05) is 24.5 Å². The molecule has 1 radical (unpaired) electrons. The highest BCUT2D eigenvalue weighted by Crippen LogP contribution is 2.38. The van der Waals surface area contributed by atoms with E-state index in [1.165, 1.54) is 16.5 Å². The fourth-order valence-corrected chi connectivity index (χ4v) is 2.66. The van der Waals surface area contributed by atoms with Crippen molar-refractivity contribution in [2.75, 3.05) is 0 Å². The van der Waals surface area contributed by atoms with Crippen LogP contribution in [0.2, 0.25) is 0 Å². The lowest BCUT2D eigenvalue weighted by molar-refractivity contribution is 0.583. The molecule has 1 aromatic carbocycles. The van der Waals surface area contributed by atoms with Crippen LogP contribution in [0.25, 0.3) is 10.9 Å². The van der Waals surface area contributed by atoms with Gasteiger partial charge in [0.1, 0.15) is 0 Å². The number of pyridine rings is 1. The number of H-pyrrole nitrogens is 1. The van der Waals surface area contributed by atoms with Gasteiger partial charge in [0.05, 0.1) is 0 Å². The Kier molecular flexibility index (Phi) is 2.86. The van der Waals surface area contributed by atoms with Crippen LogP contribution in [0, 0.1) is 6.92 Å². The maximum atomic E-state index is 4.25. The molecule has 0 spiro atoms. The monoisotopic (exact) mass is 249 g/mol. The van der Waals surface area contributed by atoms with Gasteiger partial charge in [-0.2, -0.15) is 0 Å². The fourth-order valence-electron chi connectivity index (χ4n) is 2.66. The van der Waals surface area contributed by atoms with E-state index in [-0.39, 0.29) is 5.41 Å². The maximum absolute atomic E-state index is 4.25. The number of hydrogen-bond acceptors (Lipinski definition) is 1. The van der Waals surface area contributed by atoms with Crippen molar-refractivity contribution in [3.63, 3.8) is 0 Å². The predicted molar refractivity (Wildman–Crippen MR) is 79.0 cm³/mol. The number of fused-ring (bicyclic) bond motifs is 1. The van der Waals surface area contributed by atoms with Crippen LogP contribution in [0.4, 0.5) is 0 Å². The first-order valence-electron chi connectivity index (χ1n) is 6.52. The highest BCUT2D eigenvalue weighted by molar-refractivity contribution is 5.83. The van der Waals surface area contributed by atoms with Gasteiger partial charge in [0.15, 0.2) is 0 Å². The minimum atomic E-state index is -0.0947. The minimum Gasteiger partial charge on any atom is -0.361 e. The third-order valence-corrected chi connectivity index (χ3v) is 3.99. The molecule has 0 bridgehead atoms. The summed E-state index contributed by atoms with van der Waals surface area (Å²) in [6.07, 6.45) is 6.63. The summed E-state index contributed by atoms with van der Waals surface area (Å²) in [6.45, 7) is 6.40. The largest absolute Gasteiger partial charge is 0.361 e. The Morgan fingerprint density at radius 1 is 1.21 bits per heavy atom. The van der Waals surface area contributed by atoms with E-state index in [1.54, 1.807) is 0 Å². The number of nitrogens with one attached hydrogen (secondary N) is 1. The van der Waals surface area contributed by atoms with E-state index >= 15 is 0 Å². The molecule has 2 heteroatoms. The second-order valence-corrected chi connectivity index (χ2v) is 5.07. The smallest absolute Gasteiger partial charge is 0.0488 e. The summed E-state index contributed by atoms with van der Waals surface area (Å²) in [5.74, 6) is 0. The number of hydrogen-bond donors (Lipinski definition) is 1. The van der Waals surface area contributed by atoms with Gasteiger partial charge in [-0.15, -0.1) is 0 Å². The lowest BCUT2D eigenvalue weighted by Gasteiger charge is -2.28. The van der Waals surface area contributed by atoms with Crippen molar-refractivity contribution in [3.8, 4) is 0 Å². The number of aromatic amines is 1. The van der Waals surface area contributed by atoms with Crippen molar-refractivity contribution in [1.29, 1.82) is 0 Å². The Bertz CT molecular complexity index is 685. The summed E-state index contributed by atoms with van der Waals surface area (Å²) >= 11 is 0. The van der Waals surface area contributed by atoms with Crippen molar-refractivity contribution < 1.29 is 0 Å². The molecule has 0 saturated carbocycles. The predicted octanol–water partition coefficient (Wildman–Crippen LogP) is 4.09. The van der Waals surface area contributed by atoms with Gasteiger partial charge >= 0.3 is 0 Å². The van der Waals surface area contributed by atoms with Gasteiger partial charge in [0, 0.05) is 34.9 Å². The Morgan fingerprint density at radius 2 is 2.00 bits per heavy atom. The van der Waals surface area contributed by atoms with E-state index in [0.29, 0.717) is 0 Å². The Labute approximate surface area is 113 Å². The van der Waals surface area contributed by atoms with E-state index in [2.05, 4.69) is 54.3 Å². The van der Waals surface area contributed by atoms with Crippen molar-refractivity contribution in [2.45, 2.75) is 18.8 Å². The zero-order valence-corrected chi connectivity index (χ0v) is 11.1. The average molecular weight is 249 g/mol. The van der Waals surface area contributed by atoms with Crippen LogP contribution in [0.3, 0.4) is 0 Å². The zero-order valence-electron chi connectivity index (χ0n) is 11.1. The van der Waals surface area contributed by atoms with Crippen LogP contribution in [-0.4, -0.2) is 9.97 Å². The highest BCUT2D eigenvalue weighted by atomic mass is 14.7. The molecular formula is C17H17N2. The van der Waals surface area contributed by atoms with Gasteiger partial charge in [0.2, 0.25) is 0 Å². The molecule has 0 aliphatic heterocycles. The van der Waals surface area contributed by atoms with Gasteiger partial charge in [-0.25, -0.2) is 0 Å². The van der Waals surface area contributed by atoms with Crippen molar-refractivity contribution in [3.05, 3.63) is 73.0 Å². The minimum absolute atomic E-state index is 0.0947. The SMILES string of the molecule is [CH2]CC(C)(c1ccccc1)c1c[nH]c2ccncc12. The van der Waals surface area contributed by atoms with E-state index < -0.39 is 0 Å². The number of aromatic nitrogens is 2. The summed E-state index contributed by atoms with van der Waals surface area (Å²) in [6, 6.07) is 12.5. The van der Waals surface area contributed by atoms with Crippen molar-refractivity contribution in [1.82, 2.24) is 9.97 Å². The fraction of sp³-hybridized carbons (Fsp3) is 0.176. The molecule has 2 nitrogen and oxygen atoms in total. The molecule has 0 amide bonds. The molecule has 3 aromatic rings. The average Bonchev–Trinajstić information content (AvgIpc) is 2.92. The summed E-state index contributed by atoms with van der Waals surface area (Å²) in [7, 11) is 0. The summed E-state index contributed by atoms with van der Waals surface area (Å²) in [4.78, 5) is 7.58. The Morgan fingerprint density at radius 3 is 2.74 bits per heavy atom. The van der Waals surface area contributed by atoms with Crippen molar-refractivity contribution >= 4 is 10.9 Å². The van der Waals surface area contributed by atoms with Gasteiger partial charge in [-0.3, -0.25) is 4.98 Å². The normalized spacial score (nSPS) is 14.4. The van der Waals surface area contributed by atoms with E-state index in [4.69, 9.17) is 0 Å². The second-order valence-electron chi connectivity index (χ2n) is 5.07. The lowest BCUT2D eigenvalue weighted by atomic mass is 9.74. The standard InChI is InChI=1S/C17H17N2/c1-3-17(2,13-7-5-4-6-8-13)15-12-19-16-9-10-18-11-14(15)16/h4-12,19H,1,3H2,2H3. The van der Waals surface area contributed by atoms with Crippen LogP contribution in [0.5, 0.6) is 0 Å². The molecule has 1 N–H and O–H groups in total. The number of rotatable bonds is 3. The number of benzene rings is 1. The van der Waals surface area contributed by atoms with Crippen LogP contribution in [-0.2, 0) is 5.41 Å². The maximum Gasteiger partial charge on any atom is 0.0488 e. The van der Waals surface area contributed by atoms with Crippen LogP contribution in [0.15, 0.2) is 55.0 Å². The van der Waals surface area contributed by atoms with Crippen molar-refractivity contribution in [2.24, 2.45) is 0 Å². The van der Waals surface area contributed by atoms with Gasteiger partial charge in [-0.1, -0.05) is 44.2 Å². The molecule has 0 aliphatic carbocycles. The molecule has 3 rings (SSSR count). The molecule has 95 valence electrons. The van der Waals surface area contributed by atoms with E-state index in [9.17, 15) is 0 Å². The summed E-state index contributed by atoms with van der Waals surface area (Å²) in [5, 5.41) is 1.18. The van der Waals surface area contributed by atoms with Gasteiger partial charge in [-0.05, 0) is 23.6 Å². The molecule has 2 aromatic heterocycles. The molecule has 2 heterocycles. The van der Waals surface area contributed by atoms with Crippen LogP contribution >= 0.6 is 0 Å². The molecule has 19 heavy (non-hydrogen) atoms. The first-order valence-corrected chi connectivity index (χ1v) is 6.52. The molecule has 0 saturated heterocycles. The highest BCUT2D eigenvalue weighted by Gasteiger charge is 2.29. The van der Waals surface area contributed by atoms with Crippen LogP contribution in [0.1, 0.15) is 24.5 Å². The molecule has 1 atom stereocenters. The topological polar surface area (TPSA) is 28.7 Å². The molecule has 0 fully saturated rings. The quantitative estimate of drug-likeness (QED) is 0.744. The molecule has 0 aliphatic rings. The van der Waals surface area contributed by atoms with Gasteiger partial charge in [0.25, 0.3) is 0 Å². The Hall–Kier alpha value is -2.09. The second kappa shape index (κ2) is 4.54. The third kappa shape index (κ3) is 1.84. The first kappa shape index (κ1) is 12.0. The van der Waals surface area contributed by atoms with Gasteiger partial charge < -0.3 is 4.98 Å². The Balaban J connectivity index is 2.22. The number of nitrogens with zero attached hydrogens (tertiary/aromatic N) is 1. The van der Waals surface area contributed by atoms with Crippen LogP contribution < -0.4 is 0 Å². The van der Waals surface area contributed by atoms with E-state index in [0.717, 1.165) is 11.9 Å². The molecular weight excluding hydrogens is 232 g/mol. The molecule has 1 unspecified atom stereocenters. The third-order valence-electron chi connectivity index (χ3n) is 3.99. The zero-order chi connectivity index (χ0) is 13.3. The lowest BCUT2D eigenvalue weighted by Crippen LogP contribution is -2.22. The summed E-state index contributed by atoms with van der Waals surface area (Å²) in [5.41, 5.74) is 3.58. The summed E-state index contributed by atoms with van der Waals surface area (Å²) < 4.78 is 0.